The number of hydrogen-bond acceptors (Lipinski definition) is 5. The molecule has 184 valence electrons. The topological polar surface area (TPSA) is 90.8 Å². The molecule has 6 rings (SSSR count). The first-order valence-electron chi connectivity index (χ1n) is 12.0. The van der Waals surface area contributed by atoms with Gasteiger partial charge in [-0.25, -0.2) is 9.97 Å². The van der Waals surface area contributed by atoms with E-state index in [1.807, 2.05) is 22.9 Å². The second kappa shape index (κ2) is 9.40. The fraction of sp³-hybridized carbons (Fsp3) is 0.308. The zero-order valence-electron chi connectivity index (χ0n) is 19.9. The van der Waals surface area contributed by atoms with E-state index >= 15 is 0 Å². The number of methoxy groups -OCH3 is 1. The summed E-state index contributed by atoms with van der Waals surface area (Å²) in [6.07, 6.45) is 14.4. The molecule has 0 radical (unpaired) electrons. The Labute approximate surface area is 212 Å². The Morgan fingerprint density at radius 3 is 2.94 bits per heavy atom. The number of ether oxygens (including phenoxy) is 1. The van der Waals surface area contributed by atoms with Crippen molar-refractivity contribution in [3.05, 3.63) is 88.6 Å². The van der Waals surface area contributed by atoms with Gasteiger partial charge in [0.25, 0.3) is 5.91 Å². The molecule has 5 aromatic rings. The highest BCUT2D eigenvalue weighted by atomic mass is 35.5. The maximum absolute atomic E-state index is 12.7. The quantitative estimate of drug-likeness (QED) is 0.329. The van der Waals surface area contributed by atoms with Crippen LogP contribution in [-0.4, -0.2) is 48.2 Å². The summed E-state index contributed by atoms with van der Waals surface area (Å²) in [4.78, 5) is 22.0. The van der Waals surface area contributed by atoms with Crippen molar-refractivity contribution < 1.29 is 9.53 Å². The van der Waals surface area contributed by atoms with E-state index < -0.39 is 0 Å². The molecule has 9 nitrogen and oxygen atoms in total. The summed E-state index contributed by atoms with van der Waals surface area (Å²) in [6, 6.07) is 5.90. The molecule has 10 heteroatoms. The summed E-state index contributed by atoms with van der Waals surface area (Å²) in [7, 11) is 1.72. The summed E-state index contributed by atoms with van der Waals surface area (Å²) in [6.45, 7) is 1.42. The van der Waals surface area contributed by atoms with E-state index in [2.05, 4.69) is 32.1 Å². The van der Waals surface area contributed by atoms with Gasteiger partial charge in [-0.3, -0.25) is 9.48 Å². The second-order valence-corrected chi connectivity index (χ2v) is 9.65. The number of aromatic nitrogens is 6. The third-order valence-electron chi connectivity index (χ3n) is 6.54. The lowest BCUT2D eigenvalue weighted by atomic mass is 10.1. The van der Waals surface area contributed by atoms with Crippen LogP contribution in [0.2, 0.25) is 5.02 Å². The van der Waals surface area contributed by atoms with Crippen LogP contribution in [0, 0.1) is 0 Å². The smallest absolute Gasteiger partial charge is 0.254 e. The van der Waals surface area contributed by atoms with Crippen LogP contribution in [0.5, 0.6) is 0 Å². The molecule has 1 fully saturated rings. The van der Waals surface area contributed by atoms with Gasteiger partial charge in [-0.15, -0.1) is 0 Å². The molecule has 1 aliphatic carbocycles. The van der Waals surface area contributed by atoms with Crippen LogP contribution >= 0.6 is 11.6 Å². The number of halogens is 1. The van der Waals surface area contributed by atoms with Gasteiger partial charge in [0, 0.05) is 36.9 Å². The Morgan fingerprint density at radius 1 is 1.22 bits per heavy atom. The molecule has 1 amide bonds. The first-order chi connectivity index (χ1) is 17.6. The summed E-state index contributed by atoms with van der Waals surface area (Å²) < 4.78 is 11.0. The van der Waals surface area contributed by atoms with Crippen LogP contribution in [0.15, 0.2) is 55.5 Å². The van der Waals surface area contributed by atoms with Gasteiger partial charge >= 0.3 is 0 Å². The molecule has 0 bridgehead atoms. The third-order valence-corrected chi connectivity index (χ3v) is 6.77. The zero-order chi connectivity index (χ0) is 24.6. The maximum Gasteiger partial charge on any atom is 0.254 e. The predicted octanol–water partition coefficient (Wildman–Crippen LogP) is 3.88. The fourth-order valence-electron chi connectivity index (χ4n) is 4.51. The Kier molecular flexibility index (Phi) is 5.94. The molecule has 5 heterocycles. The average Bonchev–Trinajstić information content (AvgIpc) is 3.29. The lowest BCUT2D eigenvalue weighted by Crippen LogP contribution is -2.22. The van der Waals surface area contributed by atoms with E-state index in [1.165, 1.54) is 24.0 Å². The Balaban J connectivity index is 1.16. The molecule has 0 atom stereocenters. The Hall–Kier alpha value is -3.69. The molecule has 36 heavy (non-hydrogen) atoms. The van der Waals surface area contributed by atoms with Crippen molar-refractivity contribution in [3.8, 4) is 0 Å². The number of rotatable bonds is 9. The zero-order valence-corrected chi connectivity index (χ0v) is 20.6. The van der Waals surface area contributed by atoms with Gasteiger partial charge in [-0.1, -0.05) is 17.7 Å². The lowest BCUT2D eigenvalue weighted by Gasteiger charge is -2.07. The number of pyridine rings is 2. The van der Waals surface area contributed by atoms with E-state index in [0.717, 1.165) is 29.0 Å². The molecular weight excluding hydrogens is 478 g/mol. The number of nitrogens with one attached hydrogen (secondary N) is 1. The Morgan fingerprint density at radius 2 is 2.11 bits per heavy atom. The highest BCUT2D eigenvalue weighted by Gasteiger charge is 2.25. The predicted molar refractivity (Wildman–Crippen MR) is 135 cm³/mol. The SMILES string of the molecule is COCCc1cc(C2CC2)cn2cc(Cn3cc(C(=O)NCc4ncn5ccc(Cl)cc45)cn3)nc12. The van der Waals surface area contributed by atoms with Gasteiger partial charge < -0.3 is 18.9 Å². The fourth-order valence-corrected chi connectivity index (χ4v) is 4.67. The van der Waals surface area contributed by atoms with E-state index in [0.29, 0.717) is 36.2 Å². The van der Waals surface area contributed by atoms with Gasteiger partial charge in [-0.05, 0) is 48.4 Å². The van der Waals surface area contributed by atoms with Crippen LogP contribution in [0.3, 0.4) is 0 Å². The average molecular weight is 504 g/mol. The maximum atomic E-state index is 12.7. The van der Waals surface area contributed by atoms with Gasteiger partial charge in [0.05, 0.1) is 54.7 Å². The molecular formula is C26H26ClN7O2. The number of carbonyl (C=O) groups excluding carboxylic acids is 1. The first-order valence-corrected chi connectivity index (χ1v) is 12.4. The minimum atomic E-state index is -0.213. The number of carbonyl (C=O) groups is 1. The van der Waals surface area contributed by atoms with Gasteiger partial charge in [0.1, 0.15) is 5.65 Å². The van der Waals surface area contributed by atoms with Crippen LogP contribution < -0.4 is 5.32 Å². The van der Waals surface area contributed by atoms with Crippen LogP contribution in [0.1, 0.15) is 51.6 Å². The van der Waals surface area contributed by atoms with Crippen molar-refractivity contribution >= 4 is 28.7 Å². The van der Waals surface area contributed by atoms with Crippen LogP contribution in [0.25, 0.3) is 11.2 Å². The molecule has 0 aromatic carbocycles. The van der Waals surface area contributed by atoms with Gasteiger partial charge in [0.2, 0.25) is 0 Å². The van der Waals surface area contributed by atoms with E-state index in [4.69, 9.17) is 21.3 Å². The first kappa shape index (κ1) is 22.8. The lowest BCUT2D eigenvalue weighted by molar-refractivity contribution is 0.0950. The Bertz CT molecular complexity index is 1560. The molecule has 0 saturated heterocycles. The van der Waals surface area contributed by atoms with Crippen molar-refractivity contribution in [2.75, 3.05) is 13.7 Å². The standard InChI is InChI=1S/C26H26ClN7O2/c1-36-7-5-18-8-19(17-2-3-17)12-33-14-22(31-25(18)33)15-34-13-20(10-30-34)26(35)28-11-23-24-9-21(27)4-6-32(24)16-29-23/h4,6,8-10,12-14,16-17H,2-3,5,7,11,15H2,1H3,(H,28,35). The van der Waals surface area contributed by atoms with E-state index in [1.54, 1.807) is 36.6 Å². The molecule has 1 saturated carbocycles. The molecule has 0 spiro atoms. The highest BCUT2D eigenvalue weighted by Crippen LogP contribution is 2.40. The summed E-state index contributed by atoms with van der Waals surface area (Å²) in [5.74, 6) is 0.446. The van der Waals surface area contributed by atoms with Crippen molar-refractivity contribution in [1.82, 2.24) is 33.9 Å². The van der Waals surface area contributed by atoms with E-state index in [9.17, 15) is 4.79 Å². The second-order valence-electron chi connectivity index (χ2n) is 9.22. The minimum absolute atomic E-state index is 0.213. The van der Waals surface area contributed by atoms with Crippen LogP contribution in [-0.2, 0) is 24.2 Å². The van der Waals surface area contributed by atoms with Crippen LogP contribution in [0.4, 0.5) is 0 Å². The normalized spacial score (nSPS) is 13.6. The molecule has 1 N–H and O–H groups in total. The number of amides is 1. The number of nitrogens with zero attached hydrogens (tertiary/aromatic N) is 6. The minimum Gasteiger partial charge on any atom is -0.384 e. The highest BCUT2D eigenvalue weighted by molar-refractivity contribution is 6.30. The third kappa shape index (κ3) is 4.59. The number of hydrogen-bond donors (Lipinski definition) is 1. The summed E-state index contributed by atoms with van der Waals surface area (Å²) in [5, 5.41) is 7.93. The molecule has 5 aromatic heterocycles. The van der Waals surface area contributed by atoms with Crippen molar-refractivity contribution in [3.63, 3.8) is 0 Å². The molecule has 1 aliphatic rings. The largest absolute Gasteiger partial charge is 0.384 e. The van der Waals surface area contributed by atoms with Crippen molar-refractivity contribution in [1.29, 1.82) is 0 Å². The van der Waals surface area contributed by atoms with Gasteiger partial charge in [0.15, 0.2) is 0 Å². The molecule has 0 aliphatic heterocycles. The monoisotopic (exact) mass is 503 g/mol. The van der Waals surface area contributed by atoms with Crippen molar-refractivity contribution in [2.24, 2.45) is 0 Å². The molecule has 0 unspecified atom stereocenters. The summed E-state index contributed by atoms with van der Waals surface area (Å²) in [5.41, 5.74) is 6.49. The summed E-state index contributed by atoms with van der Waals surface area (Å²) >= 11 is 6.10. The number of fused-ring (bicyclic) bond motifs is 2. The van der Waals surface area contributed by atoms with E-state index in [-0.39, 0.29) is 5.91 Å². The van der Waals surface area contributed by atoms with Crippen molar-refractivity contribution in [2.45, 2.75) is 38.3 Å². The van der Waals surface area contributed by atoms with Gasteiger partial charge in [-0.2, -0.15) is 5.10 Å². The number of imidazole rings is 2.